The van der Waals surface area contributed by atoms with Gasteiger partial charge >= 0.3 is 12.0 Å². The van der Waals surface area contributed by atoms with Gasteiger partial charge in [-0.15, -0.1) is 11.3 Å². The van der Waals surface area contributed by atoms with Gasteiger partial charge in [0.15, 0.2) is 0 Å². The van der Waals surface area contributed by atoms with Gasteiger partial charge in [0.2, 0.25) is 0 Å². The molecule has 110 valence electrons. The van der Waals surface area contributed by atoms with E-state index in [9.17, 15) is 14.7 Å². The summed E-state index contributed by atoms with van der Waals surface area (Å²) in [7, 11) is 0. The summed E-state index contributed by atoms with van der Waals surface area (Å²) >= 11 is 4.85. The van der Waals surface area contributed by atoms with Crippen molar-refractivity contribution in [1.29, 1.82) is 0 Å². The summed E-state index contributed by atoms with van der Waals surface area (Å²) in [6.45, 7) is 1.04. The Hall–Kier alpha value is -1.12. The van der Waals surface area contributed by atoms with E-state index in [4.69, 9.17) is 4.74 Å². The first-order valence-electron chi connectivity index (χ1n) is 6.12. The number of carbonyl (C=O) groups is 2. The van der Waals surface area contributed by atoms with E-state index >= 15 is 0 Å². The second-order valence-corrected chi connectivity index (χ2v) is 6.45. The highest BCUT2D eigenvalue weighted by Crippen LogP contribution is 2.21. The molecule has 1 aromatic rings. The molecular formula is C12H15BrN2O4S. The van der Waals surface area contributed by atoms with E-state index in [-0.39, 0.29) is 12.8 Å². The SMILES string of the molecule is O=C(NCc1cc(Br)cs1)NC1(C(=O)O)CCOCC1. The van der Waals surface area contributed by atoms with E-state index in [1.807, 2.05) is 11.4 Å². The number of urea groups is 1. The minimum absolute atomic E-state index is 0.278. The molecule has 0 aromatic carbocycles. The quantitative estimate of drug-likeness (QED) is 0.763. The maximum atomic E-state index is 11.9. The number of hydrogen-bond donors (Lipinski definition) is 3. The highest BCUT2D eigenvalue weighted by Gasteiger charge is 2.41. The third-order valence-electron chi connectivity index (χ3n) is 3.15. The first kappa shape index (κ1) is 15.3. The predicted molar refractivity (Wildman–Crippen MR) is 77.8 cm³/mol. The van der Waals surface area contributed by atoms with Crippen LogP contribution in [0, 0.1) is 0 Å². The number of carboxylic acids is 1. The summed E-state index contributed by atoms with van der Waals surface area (Å²) in [5.74, 6) is -1.02. The lowest BCUT2D eigenvalue weighted by molar-refractivity contribution is -0.148. The summed E-state index contributed by atoms with van der Waals surface area (Å²) in [6.07, 6.45) is 0.556. The van der Waals surface area contributed by atoms with Gasteiger partial charge < -0.3 is 20.5 Å². The molecule has 1 aromatic heterocycles. The van der Waals surface area contributed by atoms with Crippen LogP contribution in [-0.2, 0) is 16.1 Å². The first-order valence-corrected chi connectivity index (χ1v) is 7.79. The van der Waals surface area contributed by atoms with Crippen LogP contribution in [0.25, 0.3) is 0 Å². The Balaban J connectivity index is 1.90. The number of hydrogen-bond acceptors (Lipinski definition) is 4. The third kappa shape index (κ3) is 3.71. The fourth-order valence-electron chi connectivity index (χ4n) is 1.99. The largest absolute Gasteiger partial charge is 0.480 e. The smallest absolute Gasteiger partial charge is 0.329 e. The highest BCUT2D eigenvalue weighted by molar-refractivity contribution is 9.10. The average Bonchev–Trinajstić information content (AvgIpc) is 2.83. The summed E-state index contributed by atoms with van der Waals surface area (Å²) in [4.78, 5) is 24.2. The van der Waals surface area contributed by atoms with Crippen molar-refractivity contribution >= 4 is 39.3 Å². The minimum atomic E-state index is -1.22. The maximum absolute atomic E-state index is 11.9. The van der Waals surface area contributed by atoms with Gasteiger partial charge in [0.1, 0.15) is 5.54 Å². The van der Waals surface area contributed by atoms with Gasteiger partial charge in [-0.05, 0) is 22.0 Å². The molecule has 0 unspecified atom stereocenters. The Morgan fingerprint density at radius 1 is 1.45 bits per heavy atom. The van der Waals surface area contributed by atoms with Crippen molar-refractivity contribution in [2.45, 2.75) is 24.9 Å². The average molecular weight is 363 g/mol. The number of halogens is 1. The van der Waals surface area contributed by atoms with Crippen molar-refractivity contribution in [3.8, 4) is 0 Å². The molecule has 0 saturated carbocycles. The van der Waals surface area contributed by atoms with E-state index in [2.05, 4.69) is 26.6 Å². The van der Waals surface area contributed by atoms with E-state index in [1.54, 1.807) is 0 Å². The van der Waals surface area contributed by atoms with Crippen LogP contribution in [0.2, 0.25) is 0 Å². The molecule has 0 bridgehead atoms. The molecule has 2 heterocycles. The molecule has 0 aliphatic carbocycles. The first-order chi connectivity index (χ1) is 9.52. The zero-order chi connectivity index (χ0) is 14.6. The number of carboxylic acid groups (broad SMARTS) is 1. The van der Waals surface area contributed by atoms with Crippen LogP contribution in [0.5, 0.6) is 0 Å². The molecule has 6 nitrogen and oxygen atoms in total. The monoisotopic (exact) mass is 362 g/mol. The second-order valence-electron chi connectivity index (χ2n) is 4.54. The van der Waals surface area contributed by atoms with Gasteiger partial charge in [-0.3, -0.25) is 0 Å². The molecule has 1 saturated heterocycles. The van der Waals surface area contributed by atoms with E-state index in [1.165, 1.54) is 11.3 Å². The number of ether oxygens (including phenoxy) is 1. The van der Waals surface area contributed by atoms with Crippen molar-refractivity contribution in [1.82, 2.24) is 10.6 Å². The van der Waals surface area contributed by atoms with Crippen LogP contribution in [0.4, 0.5) is 4.79 Å². The van der Waals surface area contributed by atoms with Crippen molar-refractivity contribution in [3.63, 3.8) is 0 Å². The van der Waals surface area contributed by atoms with Gasteiger partial charge in [0.25, 0.3) is 0 Å². The second kappa shape index (κ2) is 6.55. The van der Waals surface area contributed by atoms with Crippen LogP contribution in [-0.4, -0.2) is 35.9 Å². The molecule has 3 N–H and O–H groups in total. The number of amides is 2. The van der Waals surface area contributed by atoms with Crippen molar-refractivity contribution in [2.24, 2.45) is 0 Å². The lowest BCUT2D eigenvalue weighted by atomic mass is 9.90. The molecule has 1 aliphatic rings. The van der Waals surface area contributed by atoms with Gasteiger partial charge in [-0.25, -0.2) is 9.59 Å². The molecule has 0 spiro atoms. The van der Waals surface area contributed by atoms with Gasteiger partial charge in [0, 0.05) is 40.8 Å². The van der Waals surface area contributed by atoms with E-state index in [0.29, 0.717) is 19.8 Å². The molecule has 2 amide bonds. The van der Waals surface area contributed by atoms with Crippen molar-refractivity contribution < 1.29 is 19.4 Å². The molecule has 0 atom stereocenters. The molecule has 1 aliphatic heterocycles. The summed E-state index contributed by atoms with van der Waals surface area (Å²) in [6, 6.07) is 1.44. The van der Waals surface area contributed by atoms with E-state index < -0.39 is 17.5 Å². The molecule has 8 heteroatoms. The third-order valence-corrected chi connectivity index (χ3v) is 4.85. The Morgan fingerprint density at radius 3 is 2.70 bits per heavy atom. The predicted octanol–water partition coefficient (Wildman–Crippen LogP) is 1.94. The fraction of sp³-hybridized carbons (Fsp3) is 0.500. The minimum Gasteiger partial charge on any atom is -0.480 e. The van der Waals surface area contributed by atoms with Gasteiger partial charge in [-0.2, -0.15) is 0 Å². The molecule has 1 fully saturated rings. The number of carbonyl (C=O) groups excluding carboxylic acids is 1. The van der Waals surface area contributed by atoms with E-state index in [0.717, 1.165) is 9.35 Å². The number of rotatable bonds is 4. The van der Waals surface area contributed by atoms with Gasteiger partial charge in [-0.1, -0.05) is 0 Å². The van der Waals surface area contributed by atoms with Crippen molar-refractivity contribution in [2.75, 3.05) is 13.2 Å². The van der Waals surface area contributed by atoms with Crippen LogP contribution in [0.15, 0.2) is 15.9 Å². The normalized spacial score (nSPS) is 17.4. The lowest BCUT2D eigenvalue weighted by Gasteiger charge is -2.33. The molecule has 0 radical (unpaired) electrons. The van der Waals surface area contributed by atoms with Crippen LogP contribution < -0.4 is 10.6 Å². The standard InChI is InChI=1S/C12H15BrN2O4S/c13-8-5-9(20-7-8)6-14-11(18)15-12(10(16)17)1-3-19-4-2-12/h5,7H,1-4,6H2,(H,16,17)(H2,14,15,18). The van der Waals surface area contributed by atoms with Crippen LogP contribution >= 0.6 is 27.3 Å². The zero-order valence-electron chi connectivity index (χ0n) is 10.6. The summed E-state index contributed by atoms with van der Waals surface area (Å²) < 4.78 is 6.11. The van der Waals surface area contributed by atoms with Crippen molar-refractivity contribution in [3.05, 3.63) is 20.8 Å². The highest BCUT2D eigenvalue weighted by atomic mass is 79.9. The fourth-order valence-corrected chi connectivity index (χ4v) is 3.38. The van der Waals surface area contributed by atoms with Crippen LogP contribution in [0.3, 0.4) is 0 Å². The Labute approximate surface area is 128 Å². The zero-order valence-corrected chi connectivity index (χ0v) is 13.1. The Bertz CT molecular complexity index is 499. The van der Waals surface area contributed by atoms with Crippen LogP contribution in [0.1, 0.15) is 17.7 Å². The molecule has 2 rings (SSSR count). The Morgan fingerprint density at radius 2 is 2.15 bits per heavy atom. The summed E-state index contributed by atoms with van der Waals surface area (Å²) in [5.41, 5.74) is -1.22. The number of aliphatic carboxylic acids is 1. The molecular weight excluding hydrogens is 348 g/mol. The molecule has 20 heavy (non-hydrogen) atoms. The van der Waals surface area contributed by atoms with Gasteiger partial charge in [0.05, 0.1) is 6.54 Å². The topological polar surface area (TPSA) is 87.7 Å². The summed E-state index contributed by atoms with van der Waals surface area (Å²) in [5, 5.41) is 16.5. The maximum Gasteiger partial charge on any atom is 0.329 e. The number of thiophene rings is 1. The lowest BCUT2D eigenvalue weighted by Crippen LogP contribution is -2.59. The Kier molecular flexibility index (Phi) is 5.00. The number of nitrogens with one attached hydrogen (secondary N) is 2.